The van der Waals surface area contributed by atoms with Gasteiger partial charge < -0.3 is 9.47 Å². The number of esters is 2. The maximum absolute atomic E-state index is 11.9. The van der Waals surface area contributed by atoms with Crippen LogP contribution in [0.4, 0.5) is 0 Å². The number of carbonyl (C=O) groups excluding carboxylic acids is 3. The molecule has 112 valence electrons. The zero-order valence-electron chi connectivity index (χ0n) is 11.9. The fourth-order valence-corrected chi connectivity index (χ4v) is 2.92. The van der Waals surface area contributed by atoms with Gasteiger partial charge in [-0.25, -0.2) is 4.79 Å². The number of carbonyl (C=O) groups is 3. The first kappa shape index (κ1) is 15.4. The quantitative estimate of drug-likeness (QED) is 0.477. The Kier molecular flexibility index (Phi) is 4.52. The van der Waals surface area contributed by atoms with Crippen molar-refractivity contribution >= 4 is 29.8 Å². The normalized spacial score (nSPS) is 20.7. The molecule has 2 atom stereocenters. The van der Waals surface area contributed by atoms with Crippen molar-refractivity contribution in [2.75, 3.05) is 13.4 Å². The van der Waals surface area contributed by atoms with E-state index in [0.717, 1.165) is 5.56 Å². The van der Waals surface area contributed by atoms with E-state index in [0.29, 0.717) is 5.56 Å². The largest absolute Gasteiger partial charge is 0.465 e. The fraction of sp³-hybridized carbons (Fsp3) is 0.357. The Labute approximate surface area is 126 Å². The second-order valence-electron chi connectivity index (χ2n) is 4.44. The summed E-state index contributed by atoms with van der Waals surface area (Å²) in [6.45, 7) is 1.27. The van der Waals surface area contributed by atoms with Gasteiger partial charge in [-0.05, 0) is 17.7 Å². The lowest BCUT2D eigenvalue weighted by molar-refractivity contribution is -0.173. The minimum absolute atomic E-state index is 0.236. The summed E-state index contributed by atoms with van der Waals surface area (Å²) < 4.78 is 11.2. The van der Waals surface area contributed by atoms with E-state index in [-0.39, 0.29) is 11.9 Å². The summed E-state index contributed by atoms with van der Waals surface area (Å²) in [6, 6.07) is 6.34. The molecule has 1 aliphatic heterocycles. The minimum Gasteiger partial charge on any atom is -0.465 e. The lowest BCUT2D eigenvalue weighted by Gasteiger charge is -2.44. The molecule has 0 radical (unpaired) electrons. The Hall–Kier alpha value is -2.02. The number of ether oxygens (including phenoxy) is 2. The molecule has 1 amide bonds. The maximum Gasteiger partial charge on any atom is 0.337 e. The standard InChI is InChI=1S/C14H15NO5S/c1-8(16)20-12-11(15(21-3)13(12)17)9-4-6-10(7-5-9)14(18)19-2/h4-7,11-12H,1-3H3. The van der Waals surface area contributed by atoms with Crippen molar-refractivity contribution in [1.29, 1.82) is 0 Å². The molecule has 0 bridgehead atoms. The van der Waals surface area contributed by atoms with Gasteiger partial charge in [0.15, 0.2) is 0 Å². The van der Waals surface area contributed by atoms with Crippen LogP contribution in [0.3, 0.4) is 0 Å². The Balaban J connectivity index is 2.23. The van der Waals surface area contributed by atoms with Crippen LogP contribution in [0.5, 0.6) is 0 Å². The van der Waals surface area contributed by atoms with Gasteiger partial charge in [-0.3, -0.25) is 13.9 Å². The topological polar surface area (TPSA) is 72.9 Å². The van der Waals surface area contributed by atoms with E-state index in [1.165, 1.54) is 26.0 Å². The van der Waals surface area contributed by atoms with Gasteiger partial charge in [-0.2, -0.15) is 0 Å². The van der Waals surface area contributed by atoms with E-state index >= 15 is 0 Å². The van der Waals surface area contributed by atoms with E-state index in [1.807, 2.05) is 0 Å². The minimum atomic E-state index is -0.807. The molecule has 7 heteroatoms. The zero-order chi connectivity index (χ0) is 15.6. The molecule has 1 fully saturated rings. The smallest absolute Gasteiger partial charge is 0.337 e. The van der Waals surface area contributed by atoms with Gasteiger partial charge in [0.1, 0.15) is 6.04 Å². The van der Waals surface area contributed by atoms with Gasteiger partial charge in [0, 0.05) is 13.2 Å². The highest BCUT2D eigenvalue weighted by Crippen LogP contribution is 2.41. The summed E-state index contributed by atoms with van der Waals surface area (Å²) in [5.74, 6) is -1.16. The molecule has 1 aliphatic rings. The molecule has 2 unspecified atom stereocenters. The Morgan fingerprint density at radius 3 is 2.33 bits per heavy atom. The van der Waals surface area contributed by atoms with Crippen LogP contribution in [0, 0.1) is 0 Å². The third kappa shape index (κ3) is 2.87. The molecule has 1 aromatic rings. The number of hydrogen-bond donors (Lipinski definition) is 0. The number of benzene rings is 1. The van der Waals surface area contributed by atoms with Crippen LogP contribution in [-0.2, 0) is 19.1 Å². The van der Waals surface area contributed by atoms with Gasteiger partial charge in [0.05, 0.1) is 12.7 Å². The zero-order valence-corrected chi connectivity index (χ0v) is 12.7. The molecule has 0 spiro atoms. The van der Waals surface area contributed by atoms with Crippen LogP contribution in [0.2, 0.25) is 0 Å². The molecular formula is C14H15NO5S. The average molecular weight is 309 g/mol. The number of rotatable bonds is 4. The van der Waals surface area contributed by atoms with E-state index < -0.39 is 18.0 Å². The third-order valence-electron chi connectivity index (χ3n) is 3.16. The Morgan fingerprint density at radius 1 is 1.24 bits per heavy atom. The molecule has 2 rings (SSSR count). The Morgan fingerprint density at radius 2 is 1.86 bits per heavy atom. The van der Waals surface area contributed by atoms with Crippen molar-refractivity contribution in [2.45, 2.75) is 19.1 Å². The summed E-state index contributed by atoms with van der Waals surface area (Å²) >= 11 is 1.27. The highest BCUT2D eigenvalue weighted by Gasteiger charge is 2.50. The number of amides is 1. The highest BCUT2D eigenvalue weighted by molar-refractivity contribution is 7.96. The Bertz CT molecular complexity index is 571. The second kappa shape index (κ2) is 6.17. The molecule has 1 heterocycles. The third-order valence-corrected chi connectivity index (χ3v) is 3.96. The monoisotopic (exact) mass is 309 g/mol. The van der Waals surface area contributed by atoms with Crippen LogP contribution in [-0.4, -0.2) is 41.6 Å². The van der Waals surface area contributed by atoms with Crippen LogP contribution in [0.25, 0.3) is 0 Å². The molecule has 0 N–H and O–H groups in total. The van der Waals surface area contributed by atoms with Gasteiger partial charge in [0.2, 0.25) is 6.10 Å². The van der Waals surface area contributed by atoms with Gasteiger partial charge in [0.25, 0.3) is 5.91 Å². The molecule has 0 aromatic heterocycles. The number of methoxy groups -OCH3 is 1. The van der Waals surface area contributed by atoms with Crippen molar-refractivity contribution in [3.63, 3.8) is 0 Å². The van der Waals surface area contributed by atoms with Gasteiger partial charge >= 0.3 is 11.9 Å². The first-order chi connectivity index (χ1) is 9.99. The van der Waals surface area contributed by atoms with E-state index in [9.17, 15) is 14.4 Å². The van der Waals surface area contributed by atoms with Crippen molar-refractivity contribution in [1.82, 2.24) is 4.31 Å². The molecule has 1 saturated heterocycles. The molecule has 0 saturated carbocycles. The fourth-order valence-electron chi connectivity index (χ4n) is 2.18. The second-order valence-corrected chi connectivity index (χ2v) is 5.19. The molecule has 0 aliphatic carbocycles. The predicted octanol–water partition coefficient (Wildman–Crippen LogP) is 1.57. The van der Waals surface area contributed by atoms with Crippen LogP contribution >= 0.6 is 11.9 Å². The first-order valence-corrected chi connectivity index (χ1v) is 7.40. The van der Waals surface area contributed by atoms with Crippen LogP contribution < -0.4 is 0 Å². The summed E-state index contributed by atoms with van der Waals surface area (Å²) in [7, 11) is 1.31. The lowest BCUT2D eigenvalue weighted by atomic mass is 9.93. The summed E-state index contributed by atoms with van der Waals surface area (Å²) in [5.41, 5.74) is 1.22. The highest BCUT2D eigenvalue weighted by atomic mass is 32.2. The number of hydrogen-bond acceptors (Lipinski definition) is 6. The molecular weight excluding hydrogens is 294 g/mol. The average Bonchev–Trinajstić information content (AvgIpc) is 2.49. The maximum atomic E-state index is 11.9. The lowest BCUT2D eigenvalue weighted by Crippen LogP contribution is -2.56. The predicted molar refractivity (Wildman–Crippen MR) is 76.4 cm³/mol. The van der Waals surface area contributed by atoms with Crippen LogP contribution in [0.1, 0.15) is 28.9 Å². The van der Waals surface area contributed by atoms with Crippen molar-refractivity contribution in [3.8, 4) is 0 Å². The van der Waals surface area contributed by atoms with Crippen molar-refractivity contribution in [3.05, 3.63) is 35.4 Å². The van der Waals surface area contributed by atoms with Crippen molar-refractivity contribution in [2.24, 2.45) is 0 Å². The first-order valence-electron chi connectivity index (χ1n) is 6.22. The summed E-state index contributed by atoms with van der Waals surface area (Å²) in [6.07, 6.45) is 0.969. The molecule has 21 heavy (non-hydrogen) atoms. The van der Waals surface area contributed by atoms with E-state index in [4.69, 9.17) is 4.74 Å². The van der Waals surface area contributed by atoms with Gasteiger partial charge in [-0.1, -0.05) is 24.1 Å². The van der Waals surface area contributed by atoms with Crippen molar-refractivity contribution < 1.29 is 23.9 Å². The van der Waals surface area contributed by atoms with E-state index in [2.05, 4.69) is 4.74 Å². The van der Waals surface area contributed by atoms with E-state index in [1.54, 1.807) is 34.8 Å². The van der Waals surface area contributed by atoms with Crippen LogP contribution in [0.15, 0.2) is 24.3 Å². The van der Waals surface area contributed by atoms with Gasteiger partial charge in [-0.15, -0.1) is 0 Å². The molecule has 6 nitrogen and oxygen atoms in total. The number of β-lactam (4-membered cyclic amide) rings is 1. The number of nitrogens with zero attached hydrogens (tertiary/aromatic N) is 1. The summed E-state index contributed by atoms with van der Waals surface area (Å²) in [4.78, 5) is 34.4. The molecule has 1 aromatic carbocycles. The summed E-state index contributed by atoms with van der Waals surface area (Å²) in [5, 5.41) is 0. The SMILES string of the molecule is COC(=O)c1ccc(C2C(OC(C)=O)C(=O)N2SC)cc1.